The zero-order chi connectivity index (χ0) is 17.8. The van der Waals surface area contributed by atoms with Crippen LogP contribution < -0.4 is 11.1 Å². The lowest BCUT2D eigenvalue weighted by atomic mass is 9.85. The SMILES string of the molecule is CC1CN(Cc2ccccc2)CC(C)C1NC(=O)c1csc(CN)n1.Cl.Cl. The van der Waals surface area contributed by atoms with Crippen LogP contribution in [0, 0.1) is 11.8 Å². The van der Waals surface area contributed by atoms with Crippen molar-refractivity contribution in [1.82, 2.24) is 15.2 Å². The summed E-state index contributed by atoms with van der Waals surface area (Å²) in [5.41, 5.74) is 7.40. The quantitative estimate of drug-likeness (QED) is 0.762. The number of carbonyl (C=O) groups excluding carboxylic acids is 1. The molecule has 0 aliphatic carbocycles. The number of hydrogen-bond donors (Lipinski definition) is 2. The lowest BCUT2D eigenvalue weighted by Gasteiger charge is -2.41. The van der Waals surface area contributed by atoms with Gasteiger partial charge >= 0.3 is 0 Å². The minimum Gasteiger partial charge on any atom is -0.347 e. The van der Waals surface area contributed by atoms with Gasteiger partial charge in [-0.2, -0.15) is 0 Å². The van der Waals surface area contributed by atoms with E-state index in [-0.39, 0.29) is 36.8 Å². The molecular weight excluding hydrogens is 403 g/mol. The fraction of sp³-hybridized carbons (Fsp3) is 0.474. The molecule has 0 bridgehead atoms. The highest BCUT2D eigenvalue weighted by molar-refractivity contribution is 7.09. The van der Waals surface area contributed by atoms with Gasteiger partial charge in [0.2, 0.25) is 0 Å². The Hall–Kier alpha value is -1.18. The highest BCUT2D eigenvalue weighted by Gasteiger charge is 2.33. The molecule has 1 aromatic carbocycles. The number of aromatic nitrogens is 1. The lowest BCUT2D eigenvalue weighted by Crippen LogP contribution is -2.54. The molecule has 3 rings (SSSR count). The van der Waals surface area contributed by atoms with Crippen LogP contribution in [0.4, 0.5) is 0 Å². The zero-order valence-corrected chi connectivity index (χ0v) is 18.1. The summed E-state index contributed by atoms with van der Waals surface area (Å²) in [6.07, 6.45) is 0. The van der Waals surface area contributed by atoms with E-state index in [1.807, 2.05) is 6.07 Å². The fourth-order valence-corrected chi connectivity index (χ4v) is 4.32. The smallest absolute Gasteiger partial charge is 0.270 e. The summed E-state index contributed by atoms with van der Waals surface area (Å²) >= 11 is 1.44. The molecule has 3 N–H and O–H groups in total. The number of piperidine rings is 1. The van der Waals surface area contributed by atoms with Gasteiger partial charge in [-0.1, -0.05) is 44.2 Å². The first-order valence-electron chi connectivity index (χ1n) is 8.78. The van der Waals surface area contributed by atoms with Crippen molar-refractivity contribution in [1.29, 1.82) is 0 Å². The lowest BCUT2D eigenvalue weighted by molar-refractivity contribution is 0.0729. The van der Waals surface area contributed by atoms with Gasteiger partial charge in [0, 0.05) is 37.6 Å². The summed E-state index contributed by atoms with van der Waals surface area (Å²) in [5, 5.41) is 5.78. The molecular formula is C19H28Cl2N4OS. The van der Waals surface area contributed by atoms with Crippen LogP contribution in [0.25, 0.3) is 0 Å². The maximum Gasteiger partial charge on any atom is 0.270 e. The van der Waals surface area contributed by atoms with Gasteiger partial charge in [0.15, 0.2) is 0 Å². The Kier molecular flexibility index (Phi) is 9.70. The van der Waals surface area contributed by atoms with Crippen LogP contribution in [-0.4, -0.2) is 34.9 Å². The van der Waals surface area contributed by atoms with Crippen LogP contribution in [0.1, 0.15) is 34.9 Å². The molecule has 150 valence electrons. The summed E-state index contributed by atoms with van der Waals surface area (Å²) in [5.74, 6) is 0.698. The van der Waals surface area contributed by atoms with E-state index in [4.69, 9.17) is 5.73 Å². The Bertz CT molecular complexity index is 701. The predicted octanol–water partition coefficient (Wildman–Crippen LogP) is 3.33. The molecule has 1 aliphatic rings. The number of amides is 1. The Labute approximate surface area is 177 Å². The third-order valence-corrected chi connectivity index (χ3v) is 5.70. The van der Waals surface area contributed by atoms with Gasteiger partial charge in [0.1, 0.15) is 10.7 Å². The van der Waals surface area contributed by atoms with E-state index in [1.165, 1.54) is 16.9 Å². The molecule has 2 atom stereocenters. The molecule has 1 fully saturated rings. The van der Waals surface area contributed by atoms with E-state index in [9.17, 15) is 4.79 Å². The van der Waals surface area contributed by atoms with Crippen LogP contribution in [0.5, 0.6) is 0 Å². The van der Waals surface area contributed by atoms with Crippen molar-refractivity contribution >= 4 is 42.1 Å². The van der Waals surface area contributed by atoms with Crippen LogP contribution >= 0.6 is 36.2 Å². The number of nitrogens with one attached hydrogen (secondary N) is 1. The Morgan fingerprint density at radius 2 is 1.85 bits per heavy atom. The van der Waals surface area contributed by atoms with Crippen LogP contribution in [0.15, 0.2) is 35.7 Å². The molecule has 1 saturated heterocycles. The third-order valence-electron chi connectivity index (χ3n) is 4.82. The van der Waals surface area contributed by atoms with Crippen LogP contribution in [0.3, 0.4) is 0 Å². The zero-order valence-electron chi connectivity index (χ0n) is 15.6. The summed E-state index contributed by atoms with van der Waals surface area (Å²) in [6.45, 7) is 7.73. The minimum absolute atomic E-state index is 0. The monoisotopic (exact) mass is 430 g/mol. The summed E-state index contributed by atoms with van der Waals surface area (Å²) in [4.78, 5) is 19.2. The number of carbonyl (C=O) groups is 1. The van der Waals surface area contributed by atoms with Gasteiger partial charge in [-0.05, 0) is 17.4 Å². The third kappa shape index (κ3) is 6.16. The number of benzene rings is 1. The summed E-state index contributed by atoms with van der Waals surface area (Å²) in [6, 6.07) is 10.7. The maximum absolute atomic E-state index is 12.5. The number of rotatable bonds is 5. The molecule has 0 saturated carbocycles. The largest absolute Gasteiger partial charge is 0.347 e. The van der Waals surface area contributed by atoms with E-state index in [0.29, 0.717) is 24.1 Å². The van der Waals surface area contributed by atoms with Crippen LogP contribution in [0.2, 0.25) is 0 Å². The molecule has 2 heterocycles. The second-order valence-corrected chi connectivity index (χ2v) is 7.91. The Morgan fingerprint density at radius 3 is 2.41 bits per heavy atom. The van der Waals surface area contributed by atoms with Crippen LogP contribution in [-0.2, 0) is 13.1 Å². The fourth-order valence-electron chi connectivity index (χ4n) is 3.67. The first kappa shape index (κ1) is 23.9. The number of halogens is 2. The second kappa shape index (κ2) is 11.0. The molecule has 27 heavy (non-hydrogen) atoms. The predicted molar refractivity (Wildman–Crippen MR) is 116 cm³/mol. The van der Waals surface area contributed by atoms with E-state index in [1.54, 1.807) is 5.38 Å². The van der Waals surface area contributed by atoms with E-state index < -0.39 is 0 Å². The van der Waals surface area contributed by atoms with Gasteiger partial charge in [-0.25, -0.2) is 4.98 Å². The number of hydrogen-bond acceptors (Lipinski definition) is 5. The van der Waals surface area contributed by atoms with E-state index in [0.717, 1.165) is 24.6 Å². The minimum atomic E-state index is -0.0869. The Balaban J connectivity index is 0.00000182. The van der Waals surface area contributed by atoms with Crippen molar-refractivity contribution in [3.63, 3.8) is 0 Å². The number of thiazole rings is 1. The summed E-state index contributed by atoms with van der Waals surface area (Å²) < 4.78 is 0. The highest BCUT2D eigenvalue weighted by atomic mass is 35.5. The van der Waals surface area contributed by atoms with E-state index >= 15 is 0 Å². The maximum atomic E-state index is 12.5. The molecule has 5 nitrogen and oxygen atoms in total. The molecule has 8 heteroatoms. The van der Waals surface area contributed by atoms with E-state index in [2.05, 4.69) is 53.3 Å². The topological polar surface area (TPSA) is 71.2 Å². The standard InChI is InChI=1S/C19H26N4OS.2ClH/c1-13-9-23(11-15-6-4-3-5-7-15)10-14(2)18(13)22-19(24)16-12-25-17(8-20)21-16;;/h3-7,12-14,18H,8-11,20H2,1-2H3,(H,22,24);2*1H. The van der Waals surface area contributed by atoms with Crippen molar-refractivity contribution in [3.05, 3.63) is 52.0 Å². The van der Waals surface area contributed by atoms with Gasteiger partial charge < -0.3 is 11.1 Å². The molecule has 2 aromatic rings. The van der Waals surface area contributed by atoms with Gasteiger partial charge in [-0.3, -0.25) is 9.69 Å². The summed E-state index contributed by atoms with van der Waals surface area (Å²) in [7, 11) is 0. The first-order valence-corrected chi connectivity index (χ1v) is 9.66. The molecule has 1 amide bonds. The number of likely N-dealkylation sites (tertiary alicyclic amines) is 1. The molecule has 0 radical (unpaired) electrons. The highest BCUT2D eigenvalue weighted by Crippen LogP contribution is 2.24. The van der Waals surface area contributed by atoms with Gasteiger partial charge in [-0.15, -0.1) is 36.2 Å². The van der Waals surface area contributed by atoms with Crippen molar-refractivity contribution in [2.24, 2.45) is 17.6 Å². The Morgan fingerprint density at radius 1 is 1.22 bits per heavy atom. The normalized spacial score (nSPS) is 22.4. The number of nitrogens with two attached hydrogens (primary N) is 1. The van der Waals surface area contributed by atoms with Crippen molar-refractivity contribution in [2.45, 2.75) is 33.0 Å². The van der Waals surface area contributed by atoms with Gasteiger partial charge in [0.05, 0.1) is 0 Å². The van der Waals surface area contributed by atoms with Crippen molar-refractivity contribution in [3.8, 4) is 0 Å². The molecule has 0 spiro atoms. The average molecular weight is 431 g/mol. The average Bonchev–Trinajstić information content (AvgIpc) is 3.08. The molecule has 2 unspecified atom stereocenters. The van der Waals surface area contributed by atoms with Gasteiger partial charge in [0.25, 0.3) is 5.91 Å². The number of nitrogens with zero attached hydrogens (tertiary/aromatic N) is 2. The molecule has 1 aromatic heterocycles. The first-order chi connectivity index (χ1) is 12.1. The van der Waals surface area contributed by atoms with Crippen molar-refractivity contribution in [2.75, 3.05) is 13.1 Å². The second-order valence-electron chi connectivity index (χ2n) is 6.96. The van der Waals surface area contributed by atoms with Crippen molar-refractivity contribution < 1.29 is 4.79 Å². The molecule has 1 aliphatic heterocycles.